The lowest BCUT2D eigenvalue weighted by Crippen LogP contribution is -2.25. The minimum absolute atomic E-state index is 0.0706. The summed E-state index contributed by atoms with van der Waals surface area (Å²) in [4.78, 5) is 13.3. The molecule has 1 amide bonds. The van der Waals surface area contributed by atoms with E-state index in [1.165, 1.54) is 4.88 Å². The summed E-state index contributed by atoms with van der Waals surface area (Å²) in [5.41, 5.74) is 1.03. The molecule has 0 unspecified atom stereocenters. The van der Waals surface area contributed by atoms with Crippen molar-refractivity contribution in [3.63, 3.8) is 0 Å². The molecule has 1 aromatic carbocycles. The number of thioether (sulfide) groups is 1. The third kappa shape index (κ3) is 7.30. The van der Waals surface area contributed by atoms with Gasteiger partial charge in [0.25, 0.3) is 0 Å². The molecule has 25 heavy (non-hydrogen) atoms. The number of benzene rings is 1. The maximum Gasteiger partial charge on any atom is 0.220 e. The van der Waals surface area contributed by atoms with Crippen LogP contribution in [-0.2, 0) is 17.0 Å². The van der Waals surface area contributed by atoms with Crippen molar-refractivity contribution in [3.8, 4) is 11.5 Å². The summed E-state index contributed by atoms with van der Waals surface area (Å²) in [6.07, 6.45) is 1.12. The van der Waals surface area contributed by atoms with E-state index in [-0.39, 0.29) is 5.91 Å². The van der Waals surface area contributed by atoms with Crippen LogP contribution in [0.4, 0.5) is 0 Å². The number of halogens is 1. The van der Waals surface area contributed by atoms with Gasteiger partial charge in [0.05, 0.1) is 18.0 Å². The molecular formula is C18H22BrNO3S2. The smallest absolute Gasteiger partial charge is 0.220 e. The first-order valence-electron chi connectivity index (χ1n) is 7.91. The molecular weight excluding hydrogens is 422 g/mol. The van der Waals surface area contributed by atoms with E-state index in [2.05, 4.69) is 33.4 Å². The van der Waals surface area contributed by atoms with Crippen LogP contribution in [-0.4, -0.2) is 32.4 Å². The molecule has 0 saturated carbocycles. The molecule has 0 bridgehead atoms. The highest BCUT2D eigenvalue weighted by molar-refractivity contribution is 9.11. The summed E-state index contributed by atoms with van der Waals surface area (Å²) in [6, 6.07) is 9.89. The zero-order valence-electron chi connectivity index (χ0n) is 14.3. The van der Waals surface area contributed by atoms with Crippen molar-refractivity contribution in [2.24, 2.45) is 0 Å². The molecule has 0 spiro atoms. The van der Waals surface area contributed by atoms with E-state index in [4.69, 9.17) is 9.47 Å². The molecule has 0 aliphatic heterocycles. The predicted molar refractivity (Wildman–Crippen MR) is 109 cm³/mol. The van der Waals surface area contributed by atoms with E-state index in [9.17, 15) is 4.79 Å². The van der Waals surface area contributed by atoms with Crippen molar-refractivity contribution in [2.45, 2.75) is 18.6 Å². The number of ether oxygens (including phenoxy) is 2. The number of aryl methyl sites for hydroxylation is 1. The van der Waals surface area contributed by atoms with E-state index in [0.29, 0.717) is 19.4 Å². The number of amides is 1. The molecule has 0 fully saturated rings. The predicted octanol–water partition coefficient (Wildman–Crippen LogP) is 4.51. The second-order valence-electron chi connectivity index (χ2n) is 5.33. The van der Waals surface area contributed by atoms with E-state index in [1.807, 2.05) is 30.0 Å². The third-order valence-electron chi connectivity index (χ3n) is 3.49. The van der Waals surface area contributed by atoms with Crippen molar-refractivity contribution >= 4 is 44.9 Å². The summed E-state index contributed by atoms with van der Waals surface area (Å²) in [7, 11) is 3.25. The molecule has 0 saturated heterocycles. The maximum atomic E-state index is 12.0. The van der Waals surface area contributed by atoms with Crippen LogP contribution in [0.3, 0.4) is 0 Å². The fourth-order valence-electron chi connectivity index (χ4n) is 2.22. The van der Waals surface area contributed by atoms with Crippen molar-refractivity contribution in [1.82, 2.24) is 5.32 Å². The topological polar surface area (TPSA) is 47.6 Å². The van der Waals surface area contributed by atoms with Gasteiger partial charge in [0.15, 0.2) is 0 Å². The van der Waals surface area contributed by atoms with Gasteiger partial charge in [-0.15, -0.1) is 11.3 Å². The molecule has 1 aromatic heterocycles. The highest BCUT2D eigenvalue weighted by Gasteiger charge is 2.06. The highest BCUT2D eigenvalue weighted by Crippen LogP contribution is 2.25. The Morgan fingerprint density at radius 1 is 1.20 bits per heavy atom. The van der Waals surface area contributed by atoms with Crippen molar-refractivity contribution in [3.05, 3.63) is 44.6 Å². The lowest BCUT2D eigenvalue weighted by atomic mass is 10.1. The molecule has 2 rings (SSSR count). The maximum absolute atomic E-state index is 12.0. The Morgan fingerprint density at radius 2 is 1.92 bits per heavy atom. The molecule has 7 heteroatoms. The quantitative estimate of drug-likeness (QED) is 0.548. The Morgan fingerprint density at radius 3 is 2.52 bits per heavy atom. The molecule has 0 aliphatic carbocycles. The molecule has 1 N–H and O–H groups in total. The van der Waals surface area contributed by atoms with Crippen LogP contribution in [0.5, 0.6) is 11.5 Å². The SMILES string of the molecule is COc1cc(CCC(=O)NCCSCc2ccc(Br)s2)cc(OC)c1. The number of carbonyl (C=O) groups excluding carboxylic acids is 1. The second-order valence-corrected chi connectivity index (χ2v) is 8.98. The molecule has 136 valence electrons. The summed E-state index contributed by atoms with van der Waals surface area (Å²) in [5, 5.41) is 2.97. The fraction of sp³-hybridized carbons (Fsp3) is 0.389. The lowest BCUT2D eigenvalue weighted by molar-refractivity contribution is -0.120. The first kappa shape index (κ1) is 20.1. The van der Waals surface area contributed by atoms with Crippen LogP contribution in [0.2, 0.25) is 0 Å². The average molecular weight is 444 g/mol. The normalized spacial score (nSPS) is 10.5. The Balaban J connectivity index is 1.65. The van der Waals surface area contributed by atoms with Gasteiger partial charge in [0.1, 0.15) is 11.5 Å². The second kappa shape index (κ2) is 10.7. The van der Waals surface area contributed by atoms with Crippen molar-refractivity contribution < 1.29 is 14.3 Å². The zero-order chi connectivity index (χ0) is 18.1. The summed E-state index contributed by atoms with van der Waals surface area (Å²) >= 11 is 7.04. The van der Waals surface area contributed by atoms with E-state index >= 15 is 0 Å². The van der Waals surface area contributed by atoms with Gasteiger partial charge in [-0.25, -0.2) is 0 Å². The van der Waals surface area contributed by atoms with E-state index in [1.54, 1.807) is 25.6 Å². The highest BCUT2D eigenvalue weighted by atomic mass is 79.9. The number of nitrogens with one attached hydrogen (secondary N) is 1. The van der Waals surface area contributed by atoms with Gasteiger partial charge in [0.2, 0.25) is 5.91 Å². The minimum Gasteiger partial charge on any atom is -0.497 e. The fourth-order valence-corrected chi connectivity index (χ4v) is 4.67. The molecule has 0 radical (unpaired) electrons. The number of carbonyl (C=O) groups is 1. The Kier molecular flexibility index (Phi) is 8.64. The standard InChI is InChI=1S/C18H22BrNO3S2/c1-22-14-9-13(10-15(11-14)23-2)3-6-18(21)20-7-8-24-12-16-4-5-17(19)25-16/h4-5,9-11H,3,6-8,12H2,1-2H3,(H,20,21). The first-order valence-corrected chi connectivity index (χ1v) is 10.7. The first-order chi connectivity index (χ1) is 12.1. The average Bonchev–Trinajstić information content (AvgIpc) is 3.04. The molecule has 0 atom stereocenters. The van der Waals surface area contributed by atoms with Crippen molar-refractivity contribution in [2.75, 3.05) is 26.5 Å². The van der Waals surface area contributed by atoms with Gasteiger partial charge in [-0.05, 0) is 52.2 Å². The molecule has 4 nitrogen and oxygen atoms in total. The van der Waals surface area contributed by atoms with Gasteiger partial charge in [-0.2, -0.15) is 11.8 Å². The van der Waals surface area contributed by atoms with Gasteiger partial charge in [-0.1, -0.05) is 0 Å². The Labute approximate surface area is 165 Å². The number of hydrogen-bond acceptors (Lipinski definition) is 5. The number of hydrogen-bond donors (Lipinski definition) is 1. The Hall–Kier alpha value is -1.18. The largest absolute Gasteiger partial charge is 0.497 e. The van der Waals surface area contributed by atoms with Crippen LogP contribution in [0.1, 0.15) is 16.9 Å². The zero-order valence-corrected chi connectivity index (χ0v) is 17.6. The van der Waals surface area contributed by atoms with Crippen LogP contribution >= 0.6 is 39.0 Å². The Bertz CT molecular complexity index is 668. The van der Waals surface area contributed by atoms with E-state index in [0.717, 1.165) is 32.4 Å². The van der Waals surface area contributed by atoms with Crippen LogP contribution in [0.15, 0.2) is 34.1 Å². The van der Waals surface area contributed by atoms with Gasteiger partial charge in [-0.3, -0.25) is 4.79 Å². The molecule has 2 aromatic rings. The van der Waals surface area contributed by atoms with Crippen LogP contribution in [0.25, 0.3) is 0 Å². The van der Waals surface area contributed by atoms with Gasteiger partial charge < -0.3 is 14.8 Å². The number of methoxy groups -OCH3 is 2. The van der Waals surface area contributed by atoms with Gasteiger partial charge >= 0.3 is 0 Å². The molecule has 0 aliphatic rings. The minimum atomic E-state index is 0.0706. The molecule has 1 heterocycles. The number of thiophene rings is 1. The summed E-state index contributed by atoms with van der Waals surface area (Å²) in [5.74, 6) is 3.45. The van der Waals surface area contributed by atoms with Crippen molar-refractivity contribution in [1.29, 1.82) is 0 Å². The summed E-state index contributed by atoms with van der Waals surface area (Å²) < 4.78 is 11.7. The lowest BCUT2D eigenvalue weighted by Gasteiger charge is -2.09. The third-order valence-corrected chi connectivity index (χ3v) is 6.31. The van der Waals surface area contributed by atoms with Crippen LogP contribution < -0.4 is 14.8 Å². The monoisotopic (exact) mass is 443 g/mol. The van der Waals surface area contributed by atoms with Crippen LogP contribution in [0, 0.1) is 0 Å². The van der Waals surface area contributed by atoms with E-state index < -0.39 is 0 Å². The summed E-state index contributed by atoms with van der Waals surface area (Å²) in [6.45, 7) is 0.692. The van der Waals surface area contributed by atoms with Gasteiger partial charge in [0, 0.05) is 35.4 Å². The number of rotatable bonds is 10.